The van der Waals surface area contributed by atoms with E-state index in [0.29, 0.717) is 56.9 Å². The van der Waals surface area contributed by atoms with Crippen molar-refractivity contribution in [3.63, 3.8) is 0 Å². The molecule has 0 aliphatic carbocycles. The monoisotopic (exact) mass is 387 g/mol. The van der Waals surface area contributed by atoms with Crippen molar-refractivity contribution in [2.45, 2.75) is 32.7 Å². The van der Waals surface area contributed by atoms with Crippen LogP contribution in [0.4, 0.5) is 0 Å². The number of nitrogens with zero attached hydrogens (tertiary/aromatic N) is 3. The molecule has 1 unspecified atom stereocenters. The van der Waals surface area contributed by atoms with Crippen LogP contribution >= 0.6 is 0 Å². The van der Waals surface area contributed by atoms with E-state index in [4.69, 9.17) is 4.74 Å². The second-order valence-corrected chi connectivity index (χ2v) is 7.72. The van der Waals surface area contributed by atoms with Gasteiger partial charge in [0.05, 0.1) is 13.0 Å². The SMILES string of the molecule is COc1cccc(C(=O)N2CCN(C(=O)C3CCC(=O)N(C(C)C)C3)CC2)c1. The minimum Gasteiger partial charge on any atom is -0.497 e. The van der Waals surface area contributed by atoms with Crippen LogP contribution in [0.5, 0.6) is 5.75 Å². The highest BCUT2D eigenvalue weighted by atomic mass is 16.5. The van der Waals surface area contributed by atoms with Gasteiger partial charge in [0.25, 0.3) is 5.91 Å². The van der Waals surface area contributed by atoms with Gasteiger partial charge in [0.1, 0.15) is 5.75 Å². The Morgan fingerprint density at radius 2 is 1.79 bits per heavy atom. The summed E-state index contributed by atoms with van der Waals surface area (Å²) in [6.45, 7) is 6.55. The average Bonchev–Trinajstić information content (AvgIpc) is 2.73. The molecule has 2 fully saturated rings. The van der Waals surface area contributed by atoms with E-state index in [1.807, 2.05) is 24.8 Å². The Kier molecular flexibility index (Phi) is 6.21. The van der Waals surface area contributed by atoms with Gasteiger partial charge in [-0.05, 0) is 38.5 Å². The molecule has 28 heavy (non-hydrogen) atoms. The number of carbonyl (C=O) groups excluding carboxylic acids is 3. The lowest BCUT2D eigenvalue weighted by molar-refractivity contribution is -0.145. The zero-order chi connectivity index (χ0) is 20.3. The fourth-order valence-electron chi connectivity index (χ4n) is 3.90. The van der Waals surface area contributed by atoms with Crippen molar-refractivity contribution >= 4 is 17.7 Å². The molecule has 1 atom stereocenters. The van der Waals surface area contributed by atoms with Gasteiger partial charge in [0.15, 0.2) is 0 Å². The number of methoxy groups -OCH3 is 1. The summed E-state index contributed by atoms with van der Waals surface area (Å²) in [7, 11) is 1.58. The maximum absolute atomic E-state index is 12.9. The first-order valence-corrected chi connectivity index (χ1v) is 9.92. The minimum atomic E-state index is -0.138. The molecule has 7 heteroatoms. The summed E-state index contributed by atoms with van der Waals surface area (Å²) in [6.07, 6.45) is 1.05. The lowest BCUT2D eigenvalue weighted by atomic mass is 9.94. The molecule has 0 saturated carbocycles. The predicted molar refractivity (Wildman–Crippen MR) is 105 cm³/mol. The summed E-state index contributed by atoms with van der Waals surface area (Å²) in [5.74, 6) is 0.710. The Morgan fingerprint density at radius 3 is 2.43 bits per heavy atom. The van der Waals surface area contributed by atoms with Gasteiger partial charge in [-0.3, -0.25) is 14.4 Å². The van der Waals surface area contributed by atoms with E-state index in [0.717, 1.165) is 0 Å². The molecule has 0 aromatic heterocycles. The van der Waals surface area contributed by atoms with Crippen LogP contribution in [0.1, 0.15) is 37.0 Å². The molecule has 1 aromatic carbocycles. The third-order valence-electron chi connectivity index (χ3n) is 5.61. The fourth-order valence-corrected chi connectivity index (χ4v) is 3.90. The second-order valence-electron chi connectivity index (χ2n) is 7.72. The van der Waals surface area contributed by atoms with Gasteiger partial charge in [-0.2, -0.15) is 0 Å². The number of amides is 3. The molecule has 2 heterocycles. The number of carbonyl (C=O) groups is 3. The predicted octanol–water partition coefficient (Wildman–Crippen LogP) is 1.63. The van der Waals surface area contributed by atoms with E-state index in [2.05, 4.69) is 0 Å². The molecule has 0 spiro atoms. The topological polar surface area (TPSA) is 70.2 Å². The molecule has 152 valence electrons. The molecular weight excluding hydrogens is 358 g/mol. The standard InChI is InChI=1S/C21H29N3O4/c1-15(2)24-14-17(7-8-19(24)25)21(27)23-11-9-22(10-12-23)20(26)16-5-4-6-18(13-16)28-3/h4-6,13,15,17H,7-12,14H2,1-3H3. The van der Waals surface area contributed by atoms with Crippen LogP contribution in [0, 0.1) is 5.92 Å². The number of piperazine rings is 1. The van der Waals surface area contributed by atoms with Crippen molar-refractivity contribution in [1.29, 1.82) is 0 Å². The zero-order valence-corrected chi connectivity index (χ0v) is 16.9. The maximum atomic E-state index is 12.9. The molecule has 7 nitrogen and oxygen atoms in total. The van der Waals surface area contributed by atoms with Gasteiger partial charge in [-0.1, -0.05) is 6.07 Å². The van der Waals surface area contributed by atoms with Crippen molar-refractivity contribution in [3.8, 4) is 5.75 Å². The van der Waals surface area contributed by atoms with Gasteiger partial charge in [0, 0.05) is 50.7 Å². The zero-order valence-electron chi connectivity index (χ0n) is 16.9. The van der Waals surface area contributed by atoms with E-state index in [-0.39, 0.29) is 29.7 Å². The van der Waals surface area contributed by atoms with E-state index < -0.39 is 0 Å². The number of piperidine rings is 1. The number of benzene rings is 1. The number of ether oxygens (including phenoxy) is 1. The molecule has 3 rings (SSSR count). The van der Waals surface area contributed by atoms with Gasteiger partial charge < -0.3 is 19.4 Å². The van der Waals surface area contributed by atoms with Crippen LogP contribution < -0.4 is 4.74 Å². The normalized spacial score (nSPS) is 20.5. The minimum absolute atomic E-state index is 0.0414. The fraction of sp³-hybridized carbons (Fsp3) is 0.571. The molecule has 0 N–H and O–H groups in total. The summed E-state index contributed by atoms with van der Waals surface area (Å²) in [4.78, 5) is 43.1. The van der Waals surface area contributed by atoms with E-state index in [1.54, 1.807) is 35.1 Å². The number of hydrogen-bond donors (Lipinski definition) is 0. The number of hydrogen-bond acceptors (Lipinski definition) is 4. The van der Waals surface area contributed by atoms with Gasteiger partial charge >= 0.3 is 0 Å². The van der Waals surface area contributed by atoms with Crippen molar-refractivity contribution < 1.29 is 19.1 Å². The molecule has 2 aliphatic rings. The van der Waals surface area contributed by atoms with Gasteiger partial charge in [-0.25, -0.2) is 0 Å². The Bertz CT molecular complexity index is 741. The van der Waals surface area contributed by atoms with Crippen LogP contribution in [0.3, 0.4) is 0 Å². The molecule has 2 aliphatic heterocycles. The lowest BCUT2D eigenvalue weighted by Gasteiger charge is -2.40. The van der Waals surface area contributed by atoms with Crippen LogP contribution in [-0.4, -0.2) is 78.3 Å². The molecule has 3 amide bonds. The smallest absolute Gasteiger partial charge is 0.254 e. The molecular formula is C21H29N3O4. The second kappa shape index (κ2) is 8.63. The maximum Gasteiger partial charge on any atom is 0.254 e. The molecule has 1 aromatic rings. The van der Waals surface area contributed by atoms with Crippen LogP contribution in [0.2, 0.25) is 0 Å². The highest BCUT2D eigenvalue weighted by molar-refractivity contribution is 5.95. The average molecular weight is 387 g/mol. The van der Waals surface area contributed by atoms with Crippen molar-refractivity contribution in [1.82, 2.24) is 14.7 Å². The first kappa shape index (κ1) is 20.2. The summed E-state index contributed by atoms with van der Waals surface area (Å²) < 4.78 is 5.19. The summed E-state index contributed by atoms with van der Waals surface area (Å²) in [6, 6.07) is 7.24. The van der Waals surface area contributed by atoms with Crippen LogP contribution in [0.25, 0.3) is 0 Å². The quantitative estimate of drug-likeness (QED) is 0.787. The summed E-state index contributed by atoms with van der Waals surface area (Å²) in [5, 5.41) is 0. The van der Waals surface area contributed by atoms with E-state index in [1.165, 1.54) is 0 Å². The third kappa shape index (κ3) is 4.29. The third-order valence-corrected chi connectivity index (χ3v) is 5.61. The summed E-state index contributed by atoms with van der Waals surface area (Å²) in [5.41, 5.74) is 0.595. The van der Waals surface area contributed by atoms with E-state index in [9.17, 15) is 14.4 Å². The van der Waals surface area contributed by atoms with E-state index >= 15 is 0 Å². The largest absolute Gasteiger partial charge is 0.497 e. The van der Waals surface area contributed by atoms with Crippen LogP contribution in [-0.2, 0) is 9.59 Å². The Morgan fingerprint density at radius 1 is 1.11 bits per heavy atom. The van der Waals surface area contributed by atoms with Crippen molar-refractivity contribution in [2.24, 2.45) is 5.92 Å². The highest BCUT2D eigenvalue weighted by Crippen LogP contribution is 2.23. The van der Waals surface area contributed by atoms with Gasteiger partial charge in [-0.15, -0.1) is 0 Å². The van der Waals surface area contributed by atoms with Crippen molar-refractivity contribution in [3.05, 3.63) is 29.8 Å². The molecule has 0 radical (unpaired) electrons. The van der Waals surface area contributed by atoms with Crippen LogP contribution in [0.15, 0.2) is 24.3 Å². The number of likely N-dealkylation sites (tertiary alicyclic amines) is 1. The van der Waals surface area contributed by atoms with Gasteiger partial charge in [0.2, 0.25) is 11.8 Å². The highest BCUT2D eigenvalue weighted by Gasteiger charge is 2.35. The Hall–Kier alpha value is -2.57. The lowest BCUT2D eigenvalue weighted by Crippen LogP contribution is -2.54. The first-order valence-electron chi connectivity index (χ1n) is 9.92. The van der Waals surface area contributed by atoms with Crippen molar-refractivity contribution in [2.75, 3.05) is 39.8 Å². The Labute approximate surface area is 166 Å². The first-order chi connectivity index (χ1) is 13.4. The summed E-state index contributed by atoms with van der Waals surface area (Å²) >= 11 is 0. The molecule has 2 saturated heterocycles. The number of rotatable bonds is 4. The Balaban J connectivity index is 1.56. The molecule has 0 bridgehead atoms.